The number of hydrogen-bond acceptors (Lipinski definition) is 4. The maximum atomic E-state index is 11.7. The minimum absolute atomic E-state index is 0.174. The Morgan fingerprint density at radius 1 is 1.38 bits per heavy atom. The van der Waals surface area contributed by atoms with Crippen molar-refractivity contribution in [3.8, 4) is 11.8 Å². The van der Waals surface area contributed by atoms with Crippen LogP contribution in [0.25, 0.3) is 0 Å². The second-order valence-corrected chi connectivity index (χ2v) is 5.00. The summed E-state index contributed by atoms with van der Waals surface area (Å²) in [7, 11) is 0. The first kappa shape index (κ1) is 14.9. The number of benzene rings is 1. The summed E-state index contributed by atoms with van der Waals surface area (Å²) in [5.41, 5.74) is 0.525. The van der Waals surface area contributed by atoms with Crippen LogP contribution in [0.1, 0.15) is 25.3 Å². The molecule has 21 heavy (non-hydrogen) atoms. The van der Waals surface area contributed by atoms with Crippen molar-refractivity contribution in [1.29, 1.82) is 5.26 Å². The predicted octanol–water partition coefficient (Wildman–Crippen LogP) is 0.720. The Morgan fingerprint density at radius 3 is 2.62 bits per heavy atom. The molecule has 0 spiro atoms. The number of nitriles is 1. The smallest absolute Gasteiger partial charge is 0.258 e. The number of hydrogen-bond donors (Lipinski definition) is 2. The van der Waals surface area contributed by atoms with Gasteiger partial charge >= 0.3 is 0 Å². The highest BCUT2D eigenvalue weighted by atomic mass is 16.5. The lowest BCUT2D eigenvalue weighted by molar-refractivity contribution is -0.129. The van der Waals surface area contributed by atoms with Crippen LogP contribution in [0.5, 0.6) is 5.75 Å². The van der Waals surface area contributed by atoms with Gasteiger partial charge in [-0.25, -0.2) is 0 Å². The highest BCUT2D eigenvalue weighted by Gasteiger charge is 2.26. The molecule has 6 nitrogen and oxygen atoms in total. The molecule has 1 aliphatic carbocycles. The van der Waals surface area contributed by atoms with Gasteiger partial charge in [-0.05, 0) is 44.0 Å². The Labute approximate surface area is 123 Å². The van der Waals surface area contributed by atoms with Crippen molar-refractivity contribution in [2.24, 2.45) is 0 Å². The van der Waals surface area contributed by atoms with Crippen LogP contribution in [-0.4, -0.2) is 30.5 Å². The Bertz CT molecular complexity index is 559. The molecular weight excluding hydrogens is 270 g/mol. The van der Waals surface area contributed by atoms with Gasteiger partial charge in [-0.1, -0.05) is 0 Å². The summed E-state index contributed by atoms with van der Waals surface area (Å²) in [6, 6.07) is 8.15. The molecule has 1 unspecified atom stereocenters. The fourth-order valence-corrected chi connectivity index (χ4v) is 1.68. The molecule has 110 valence electrons. The van der Waals surface area contributed by atoms with Crippen molar-refractivity contribution in [2.45, 2.75) is 31.8 Å². The lowest BCUT2D eigenvalue weighted by Crippen LogP contribution is -2.46. The summed E-state index contributed by atoms with van der Waals surface area (Å²) < 4.78 is 5.29. The molecule has 1 aliphatic rings. The number of rotatable bonds is 6. The largest absolute Gasteiger partial charge is 0.484 e. The number of carbonyl (C=O) groups excluding carboxylic acids is 2. The average molecular weight is 287 g/mol. The third-order valence-corrected chi connectivity index (χ3v) is 3.05. The van der Waals surface area contributed by atoms with Gasteiger partial charge in [0.15, 0.2) is 6.61 Å². The first-order valence-corrected chi connectivity index (χ1v) is 6.81. The molecule has 2 N–H and O–H groups in total. The van der Waals surface area contributed by atoms with Crippen LogP contribution in [0.4, 0.5) is 0 Å². The maximum Gasteiger partial charge on any atom is 0.258 e. The molecule has 0 radical (unpaired) electrons. The predicted molar refractivity (Wildman–Crippen MR) is 75.4 cm³/mol. The van der Waals surface area contributed by atoms with Crippen LogP contribution >= 0.6 is 0 Å². The van der Waals surface area contributed by atoms with Gasteiger partial charge in [0.1, 0.15) is 11.8 Å². The summed E-state index contributed by atoms with van der Waals surface area (Å²) in [6.45, 7) is 1.46. The third kappa shape index (κ3) is 4.80. The molecular formula is C15H17N3O3. The number of nitrogens with zero attached hydrogens (tertiary/aromatic N) is 1. The van der Waals surface area contributed by atoms with Gasteiger partial charge in [0, 0.05) is 6.04 Å². The fourth-order valence-electron chi connectivity index (χ4n) is 1.68. The Hall–Kier alpha value is -2.55. The van der Waals surface area contributed by atoms with E-state index in [0.29, 0.717) is 11.3 Å². The van der Waals surface area contributed by atoms with Crippen molar-refractivity contribution in [1.82, 2.24) is 10.6 Å². The molecule has 2 rings (SSSR count). The molecule has 1 saturated carbocycles. The van der Waals surface area contributed by atoms with Crippen LogP contribution in [0.15, 0.2) is 24.3 Å². The summed E-state index contributed by atoms with van der Waals surface area (Å²) in [6.07, 6.45) is 2.02. The van der Waals surface area contributed by atoms with E-state index in [1.54, 1.807) is 31.2 Å². The minimum Gasteiger partial charge on any atom is -0.484 e. The van der Waals surface area contributed by atoms with Crippen LogP contribution < -0.4 is 15.4 Å². The molecule has 2 amide bonds. The van der Waals surface area contributed by atoms with E-state index in [2.05, 4.69) is 10.6 Å². The Kier molecular flexibility index (Phi) is 4.77. The highest BCUT2D eigenvalue weighted by molar-refractivity contribution is 5.88. The lowest BCUT2D eigenvalue weighted by Gasteiger charge is -2.14. The van der Waals surface area contributed by atoms with Gasteiger partial charge in [-0.2, -0.15) is 5.26 Å². The van der Waals surface area contributed by atoms with Crippen molar-refractivity contribution in [2.75, 3.05) is 6.61 Å². The molecule has 1 aromatic carbocycles. The summed E-state index contributed by atoms with van der Waals surface area (Å²) in [5, 5.41) is 14.1. The van der Waals surface area contributed by atoms with Crippen molar-refractivity contribution >= 4 is 11.8 Å². The van der Waals surface area contributed by atoms with Crippen LogP contribution in [0, 0.1) is 11.3 Å². The Morgan fingerprint density at radius 2 is 2.05 bits per heavy atom. The standard InChI is InChI=1S/C15H17N3O3/c1-10(15(20)18-12-4-5-12)17-14(19)9-21-13-6-2-11(8-16)3-7-13/h2-3,6-7,10,12H,4-5,9H2,1H3,(H,17,19)(H,18,20). The SMILES string of the molecule is CC(NC(=O)COc1ccc(C#N)cc1)C(=O)NC1CC1. The van der Waals surface area contributed by atoms with E-state index in [1.807, 2.05) is 6.07 Å². The number of carbonyl (C=O) groups is 2. The van der Waals surface area contributed by atoms with Gasteiger partial charge < -0.3 is 15.4 Å². The van der Waals surface area contributed by atoms with Gasteiger partial charge in [-0.15, -0.1) is 0 Å². The number of amides is 2. The van der Waals surface area contributed by atoms with Gasteiger partial charge in [-0.3, -0.25) is 9.59 Å². The normalized spacial score (nSPS) is 14.7. The zero-order valence-electron chi connectivity index (χ0n) is 11.8. The topological polar surface area (TPSA) is 91.2 Å². The van der Waals surface area contributed by atoms with E-state index in [-0.39, 0.29) is 24.5 Å². The quantitative estimate of drug-likeness (QED) is 0.806. The van der Waals surface area contributed by atoms with Gasteiger partial charge in [0.05, 0.1) is 11.6 Å². The summed E-state index contributed by atoms with van der Waals surface area (Å²) in [4.78, 5) is 23.4. The third-order valence-electron chi connectivity index (χ3n) is 3.05. The monoisotopic (exact) mass is 287 g/mol. The molecule has 1 fully saturated rings. The average Bonchev–Trinajstić information content (AvgIpc) is 3.29. The zero-order chi connectivity index (χ0) is 15.2. The van der Waals surface area contributed by atoms with E-state index in [4.69, 9.17) is 10.00 Å². The molecule has 0 aliphatic heterocycles. The first-order valence-electron chi connectivity index (χ1n) is 6.81. The van der Waals surface area contributed by atoms with Crippen LogP contribution in [0.2, 0.25) is 0 Å². The van der Waals surface area contributed by atoms with Gasteiger partial charge in [0.2, 0.25) is 5.91 Å². The number of nitrogens with one attached hydrogen (secondary N) is 2. The van der Waals surface area contributed by atoms with E-state index < -0.39 is 6.04 Å². The van der Waals surface area contributed by atoms with Crippen LogP contribution in [-0.2, 0) is 9.59 Å². The Balaban J connectivity index is 1.73. The maximum absolute atomic E-state index is 11.7. The van der Waals surface area contributed by atoms with E-state index in [0.717, 1.165) is 12.8 Å². The minimum atomic E-state index is -0.581. The van der Waals surface area contributed by atoms with Crippen LogP contribution in [0.3, 0.4) is 0 Å². The van der Waals surface area contributed by atoms with E-state index >= 15 is 0 Å². The van der Waals surface area contributed by atoms with E-state index in [1.165, 1.54) is 0 Å². The highest BCUT2D eigenvalue weighted by Crippen LogP contribution is 2.18. The molecule has 1 atom stereocenters. The molecule has 0 bridgehead atoms. The van der Waals surface area contributed by atoms with Crippen molar-refractivity contribution in [3.63, 3.8) is 0 Å². The lowest BCUT2D eigenvalue weighted by atomic mass is 10.2. The fraction of sp³-hybridized carbons (Fsp3) is 0.400. The molecule has 0 heterocycles. The first-order chi connectivity index (χ1) is 10.1. The molecule has 0 saturated heterocycles. The molecule has 6 heteroatoms. The zero-order valence-corrected chi connectivity index (χ0v) is 11.8. The molecule has 0 aromatic heterocycles. The summed E-state index contributed by atoms with van der Waals surface area (Å²) in [5.74, 6) is -0.0405. The molecule has 1 aromatic rings. The second-order valence-electron chi connectivity index (χ2n) is 5.00. The van der Waals surface area contributed by atoms with E-state index in [9.17, 15) is 9.59 Å². The van der Waals surface area contributed by atoms with Crippen molar-refractivity contribution < 1.29 is 14.3 Å². The van der Waals surface area contributed by atoms with Gasteiger partial charge in [0.25, 0.3) is 5.91 Å². The van der Waals surface area contributed by atoms with Crippen molar-refractivity contribution in [3.05, 3.63) is 29.8 Å². The number of ether oxygens (including phenoxy) is 1. The second kappa shape index (κ2) is 6.75. The summed E-state index contributed by atoms with van der Waals surface area (Å²) >= 11 is 0.